The molecule has 60 valence electrons. The van der Waals surface area contributed by atoms with Crippen molar-refractivity contribution >= 4 is 16.8 Å². The van der Waals surface area contributed by atoms with Gasteiger partial charge in [-0.1, -0.05) is 48.2 Å². The van der Waals surface area contributed by atoms with Gasteiger partial charge >= 0.3 is 0 Å². The first-order valence-electron chi connectivity index (χ1n) is 3.88. The minimum atomic E-state index is 0.817. The van der Waals surface area contributed by atoms with Crippen molar-refractivity contribution < 1.29 is 0 Å². The number of rotatable bonds is 1. The molecule has 0 saturated heterocycles. The number of thioether (sulfide) groups is 1. The van der Waals surface area contributed by atoms with E-state index in [-0.39, 0.29) is 0 Å². The summed E-state index contributed by atoms with van der Waals surface area (Å²) in [5, 5.41) is 3.22. The zero-order valence-electron chi connectivity index (χ0n) is 6.60. The summed E-state index contributed by atoms with van der Waals surface area (Å²) < 4.78 is 0. The van der Waals surface area contributed by atoms with E-state index in [0.29, 0.717) is 0 Å². The molecule has 0 aromatic heterocycles. The Morgan fingerprint density at radius 3 is 2.67 bits per heavy atom. The molecule has 0 radical (unpaired) electrons. The molecule has 1 aromatic carbocycles. The fraction of sp³-hybridized carbons (Fsp3) is 0.100. The molecule has 0 unspecified atom stereocenters. The van der Waals surface area contributed by atoms with Crippen LogP contribution in [-0.2, 0) is 0 Å². The summed E-state index contributed by atoms with van der Waals surface area (Å²) in [7, 11) is 0. The Labute approximate surface area is 76.2 Å². The predicted octanol–water partition coefficient (Wildman–Crippen LogP) is 2.69. The van der Waals surface area contributed by atoms with Gasteiger partial charge in [0.2, 0.25) is 0 Å². The van der Waals surface area contributed by atoms with E-state index in [1.165, 1.54) is 5.56 Å². The molecule has 0 saturated carbocycles. The van der Waals surface area contributed by atoms with Gasteiger partial charge in [0.05, 0.1) is 6.54 Å². The average Bonchev–Trinajstić information content (AvgIpc) is 2.21. The smallest absolute Gasteiger partial charge is 0.102 e. The third-order valence-corrected chi connectivity index (χ3v) is 2.55. The summed E-state index contributed by atoms with van der Waals surface area (Å²) in [5.74, 6) is 0. The number of hydrogen-bond donors (Lipinski definition) is 0. The highest BCUT2D eigenvalue weighted by Gasteiger charge is 2.02. The molecule has 0 spiro atoms. The molecule has 2 rings (SSSR count). The molecule has 0 fully saturated rings. The van der Waals surface area contributed by atoms with Crippen LogP contribution in [0.4, 0.5) is 0 Å². The molecule has 0 bridgehead atoms. The maximum absolute atomic E-state index is 4.39. The highest BCUT2D eigenvalue weighted by Crippen LogP contribution is 2.17. The van der Waals surface area contributed by atoms with Crippen LogP contribution in [0.5, 0.6) is 0 Å². The van der Waals surface area contributed by atoms with Gasteiger partial charge in [-0.2, -0.15) is 0 Å². The number of aliphatic imine (C=N–C) groups is 1. The van der Waals surface area contributed by atoms with E-state index in [1.54, 1.807) is 11.8 Å². The minimum absolute atomic E-state index is 0.817. The lowest BCUT2D eigenvalue weighted by atomic mass is 10.2. The van der Waals surface area contributed by atoms with E-state index < -0.39 is 0 Å². The van der Waals surface area contributed by atoms with E-state index >= 15 is 0 Å². The molecule has 0 atom stereocenters. The van der Waals surface area contributed by atoms with Crippen LogP contribution in [0, 0.1) is 0 Å². The van der Waals surface area contributed by atoms with Gasteiger partial charge in [0.15, 0.2) is 0 Å². The van der Waals surface area contributed by atoms with Gasteiger partial charge in [-0.25, -0.2) is 0 Å². The maximum Gasteiger partial charge on any atom is 0.102 e. The second kappa shape index (κ2) is 3.59. The second-order valence-corrected chi connectivity index (χ2v) is 3.40. The van der Waals surface area contributed by atoms with Crippen LogP contribution in [0.3, 0.4) is 0 Å². The lowest BCUT2D eigenvalue weighted by molar-refractivity contribution is 1.25. The molecule has 1 aliphatic heterocycles. The molecule has 0 aliphatic carbocycles. The fourth-order valence-corrected chi connectivity index (χ4v) is 1.80. The van der Waals surface area contributed by atoms with Gasteiger partial charge in [0.25, 0.3) is 0 Å². The molecule has 12 heavy (non-hydrogen) atoms. The first kappa shape index (κ1) is 7.62. The predicted molar refractivity (Wildman–Crippen MR) is 54.6 cm³/mol. The van der Waals surface area contributed by atoms with E-state index in [2.05, 4.69) is 28.6 Å². The quantitative estimate of drug-likeness (QED) is 0.639. The van der Waals surface area contributed by atoms with E-state index in [4.69, 9.17) is 0 Å². The third kappa shape index (κ3) is 1.59. The number of benzene rings is 1. The van der Waals surface area contributed by atoms with Gasteiger partial charge in [-0.3, -0.25) is 4.99 Å². The van der Waals surface area contributed by atoms with Crippen LogP contribution < -0.4 is 0 Å². The summed E-state index contributed by atoms with van der Waals surface area (Å²) in [5.41, 5.74) is 1.21. The Morgan fingerprint density at radius 1 is 1.17 bits per heavy atom. The minimum Gasteiger partial charge on any atom is -0.273 e. The average molecular weight is 175 g/mol. The summed E-state index contributed by atoms with van der Waals surface area (Å²) in [6.07, 6.45) is 2.07. The Kier molecular flexibility index (Phi) is 2.28. The van der Waals surface area contributed by atoms with Crippen LogP contribution in [0.25, 0.3) is 0 Å². The topological polar surface area (TPSA) is 12.4 Å². The molecule has 1 aromatic rings. The molecule has 1 nitrogen and oxygen atoms in total. The van der Waals surface area contributed by atoms with E-state index in [0.717, 1.165) is 11.6 Å². The number of hydrogen-bond acceptors (Lipinski definition) is 2. The van der Waals surface area contributed by atoms with Gasteiger partial charge < -0.3 is 0 Å². The molecule has 1 heterocycles. The Morgan fingerprint density at radius 2 is 2.00 bits per heavy atom. The lowest BCUT2D eigenvalue weighted by Crippen LogP contribution is -1.97. The van der Waals surface area contributed by atoms with Gasteiger partial charge in [0, 0.05) is 5.56 Å². The Hall–Kier alpha value is -1.02. The first-order valence-corrected chi connectivity index (χ1v) is 4.76. The van der Waals surface area contributed by atoms with Crippen LogP contribution in [0.2, 0.25) is 0 Å². The molecule has 1 aliphatic rings. The molecule has 0 N–H and O–H groups in total. The van der Waals surface area contributed by atoms with Crippen molar-refractivity contribution in [3.8, 4) is 0 Å². The van der Waals surface area contributed by atoms with Crippen molar-refractivity contribution in [2.45, 2.75) is 0 Å². The van der Waals surface area contributed by atoms with Crippen molar-refractivity contribution in [1.29, 1.82) is 0 Å². The molecular weight excluding hydrogens is 166 g/mol. The van der Waals surface area contributed by atoms with Crippen LogP contribution in [0.15, 0.2) is 46.8 Å². The zero-order valence-corrected chi connectivity index (χ0v) is 7.42. The lowest BCUT2D eigenvalue weighted by Gasteiger charge is -2.05. The third-order valence-electron chi connectivity index (χ3n) is 1.64. The highest BCUT2D eigenvalue weighted by molar-refractivity contribution is 8.16. The van der Waals surface area contributed by atoms with Crippen molar-refractivity contribution in [3.63, 3.8) is 0 Å². The molecule has 0 amide bonds. The SMILES string of the molecule is C1=CSC(c2ccccc2)=NC1. The van der Waals surface area contributed by atoms with Crippen LogP contribution in [-0.4, -0.2) is 11.6 Å². The van der Waals surface area contributed by atoms with Gasteiger partial charge in [0.1, 0.15) is 5.04 Å². The largest absolute Gasteiger partial charge is 0.273 e. The van der Waals surface area contributed by atoms with Gasteiger partial charge in [-0.15, -0.1) is 0 Å². The van der Waals surface area contributed by atoms with Crippen LogP contribution >= 0.6 is 11.8 Å². The fourth-order valence-electron chi connectivity index (χ4n) is 1.07. The normalized spacial score (nSPS) is 15.8. The Balaban J connectivity index is 2.26. The summed E-state index contributed by atoms with van der Waals surface area (Å²) in [6.45, 7) is 0.817. The first-order chi connectivity index (χ1) is 5.97. The summed E-state index contributed by atoms with van der Waals surface area (Å²) in [4.78, 5) is 4.39. The Bertz CT molecular complexity index is 314. The maximum atomic E-state index is 4.39. The van der Waals surface area contributed by atoms with Crippen molar-refractivity contribution in [1.82, 2.24) is 0 Å². The zero-order chi connectivity index (χ0) is 8.23. The highest BCUT2D eigenvalue weighted by atomic mass is 32.2. The van der Waals surface area contributed by atoms with E-state index in [9.17, 15) is 0 Å². The number of nitrogens with zero attached hydrogens (tertiary/aromatic N) is 1. The monoisotopic (exact) mass is 175 g/mol. The van der Waals surface area contributed by atoms with Crippen molar-refractivity contribution in [3.05, 3.63) is 47.4 Å². The van der Waals surface area contributed by atoms with Crippen molar-refractivity contribution in [2.24, 2.45) is 4.99 Å². The van der Waals surface area contributed by atoms with E-state index in [1.807, 2.05) is 18.2 Å². The van der Waals surface area contributed by atoms with Crippen LogP contribution in [0.1, 0.15) is 5.56 Å². The second-order valence-electron chi connectivity index (χ2n) is 2.50. The molecule has 2 heteroatoms. The summed E-state index contributed by atoms with van der Waals surface area (Å²) >= 11 is 1.69. The van der Waals surface area contributed by atoms with Gasteiger partial charge in [-0.05, 0) is 5.41 Å². The summed E-state index contributed by atoms with van der Waals surface area (Å²) in [6, 6.07) is 10.3. The molecular formula is C10H9NS. The van der Waals surface area contributed by atoms with Crippen molar-refractivity contribution in [2.75, 3.05) is 6.54 Å². The standard InChI is InChI=1S/C10H9NS/c1-2-5-9(6-3-1)10-11-7-4-8-12-10/h1-6,8H,7H2.